The molecule has 1 aromatic heterocycles. The Morgan fingerprint density at radius 2 is 1.76 bits per heavy atom. The molecule has 34 heavy (non-hydrogen) atoms. The first kappa shape index (κ1) is 24.0. The van der Waals surface area contributed by atoms with Crippen LogP contribution < -0.4 is 5.32 Å². The SMILES string of the molecule is Cn1ccnc1[C@H](NC(=O)C1CCN(S(=O)(=O)c2ccc(F)c(F)c2)CC1)c1ccccc1F. The van der Waals surface area contributed by atoms with Crippen LogP contribution in [-0.2, 0) is 21.9 Å². The van der Waals surface area contributed by atoms with Gasteiger partial charge >= 0.3 is 0 Å². The van der Waals surface area contributed by atoms with Crippen LogP contribution in [0.5, 0.6) is 0 Å². The second-order valence-corrected chi connectivity index (χ2v) is 10.1. The zero-order valence-electron chi connectivity index (χ0n) is 18.3. The van der Waals surface area contributed by atoms with Crippen LogP contribution in [-0.4, -0.2) is 41.3 Å². The molecule has 2 heterocycles. The molecule has 0 spiro atoms. The molecule has 0 bridgehead atoms. The number of amides is 1. The summed E-state index contributed by atoms with van der Waals surface area (Å²) in [6.07, 6.45) is 3.69. The number of aromatic nitrogens is 2. The first-order chi connectivity index (χ1) is 16.2. The number of nitrogens with one attached hydrogen (secondary N) is 1. The minimum Gasteiger partial charge on any atom is -0.342 e. The van der Waals surface area contributed by atoms with Gasteiger partial charge in [-0.15, -0.1) is 0 Å². The van der Waals surface area contributed by atoms with Gasteiger partial charge in [0.05, 0.1) is 4.90 Å². The number of carbonyl (C=O) groups is 1. The van der Waals surface area contributed by atoms with Crippen molar-refractivity contribution in [3.8, 4) is 0 Å². The van der Waals surface area contributed by atoms with Gasteiger partial charge in [0.25, 0.3) is 0 Å². The maximum Gasteiger partial charge on any atom is 0.243 e. The molecule has 1 atom stereocenters. The zero-order valence-corrected chi connectivity index (χ0v) is 19.1. The molecule has 11 heteroatoms. The lowest BCUT2D eigenvalue weighted by atomic mass is 9.96. The fourth-order valence-corrected chi connectivity index (χ4v) is 5.53. The molecule has 180 valence electrons. The maximum atomic E-state index is 14.5. The van der Waals surface area contributed by atoms with E-state index in [1.807, 2.05) is 0 Å². The largest absolute Gasteiger partial charge is 0.342 e. The van der Waals surface area contributed by atoms with Gasteiger partial charge in [0.2, 0.25) is 15.9 Å². The Morgan fingerprint density at radius 3 is 2.38 bits per heavy atom. The van der Waals surface area contributed by atoms with Crippen LogP contribution in [0.4, 0.5) is 13.2 Å². The monoisotopic (exact) mass is 492 g/mol. The Hall–Kier alpha value is -3.18. The number of sulfonamides is 1. The molecule has 7 nitrogen and oxygen atoms in total. The molecular weight excluding hydrogens is 469 g/mol. The quantitative estimate of drug-likeness (QED) is 0.573. The average Bonchev–Trinajstić information content (AvgIpc) is 3.25. The summed E-state index contributed by atoms with van der Waals surface area (Å²) in [6, 6.07) is 7.71. The summed E-state index contributed by atoms with van der Waals surface area (Å²) < 4.78 is 69.7. The zero-order chi connectivity index (χ0) is 24.5. The van der Waals surface area contributed by atoms with Gasteiger partial charge in [-0.05, 0) is 37.1 Å². The van der Waals surface area contributed by atoms with E-state index >= 15 is 0 Å². The first-order valence-electron chi connectivity index (χ1n) is 10.7. The lowest BCUT2D eigenvalue weighted by molar-refractivity contribution is -0.126. The molecular formula is C23H23F3N4O3S. The number of nitrogens with zero attached hydrogens (tertiary/aromatic N) is 3. The minimum absolute atomic E-state index is 0.0339. The standard InChI is InChI=1S/C23H23F3N4O3S/c1-29-13-10-27-22(29)21(17-4-2-3-5-18(17)24)28-23(31)15-8-11-30(12-9-15)34(32,33)16-6-7-19(25)20(26)14-16/h2-7,10,13-15,21H,8-9,11-12H2,1H3,(H,28,31)/t21-/m1/s1. The summed E-state index contributed by atoms with van der Waals surface area (Å²) >= 11 is 0. The molecule has 1 N–H and O–H groups in total. The van der Waals surface area contributed by atoms with Crippen molar-refractivity contribution in [2.75, 3.05) is 13.1 Å². The number of hydrogen-bond acceptors (Lipinski definition) is 4. The summed E-state index contributed by atoms with van der Waals surface area (Å²) in [7, 11) is -2.29. The number of hydrogen-bond donors (Lipinski definition) is 1. The Morgan fingerprint density at radius 1 is 1.06 bits per heavy atom. The number of carbonyl (C=O) groups excluding carboxylic acids is 1. The van der Waals surface area contributed by atoms with Crippen LogP contribution in [0.25, 0.3) is 0 Å². The van der Waals surface area contributed by atoms with Gasteiger partial charge in [0.1, 0.15) is 17.7 Å². The van der Waals surface area contributed by atoms with E-state index in [-0.39, 0.29) is 42.3 Å². The van der Waals surface area contributed by atoms with Crippen molar-refractivity contribution >= 4 is 15.9 Å². The third-order valence-electron chi connectivity index (χ3n) is 5.97. The number of piperidine rings is 1. The molecule has 3 aromatic rings. The topological polar surface area (TPSA) is 84.3 Å². The Bertz CT molecular complexity index is 1300. The predicted molar refractivity (Wildman–Crippen MR) is 117 cm³/mol. The third-order valence-corrected chi connectivity index (χ3v) is 7.87. The third kappa shape index (κ3) is 4.71. The summed E-state index contributed by atoms with van der Waals surface area (Å²) in [4.78, 5) is 17.0. The molecule has 0 aliphatic carbocycles. The van der Waals surface area contributed by atoms with E-state index in [2.05, 4.69) is 10.3 Å². The van der Waals surface area contributed by atoms with Crippen molar-refractivity contribution in [2.24, 2.45) is 13.0 Å². The Labute approximate surface area is 195 Å². The highest BCUT2D eigenvalue weighted by atomic mass is 32.2. The number of aryl methyl sites for hydroxylation is 1. The van der Waals surface area contributed by atoms with Crippen LogP contribution in [0.3, 0.4) is 0 Å². The second kappa shape index (κ2) is 9.59. The van der Waals surface area contributed by atoms with E-state index in [1.54, 1.807) is 42.2 Å². The average molecular weight is 493 g/mol. The van der Waals surface area contributed by atoms with Crippen LogP contribution in [0.15, 0.2) is 59.8 Å². The van der Waals surface area contributed by atoms with Crippen LogP contribution in [0.2, 0.25) is 0 Å². The second-order valence-electron chi connectivity index (χ2n) is 8.11. The number of benzene rings is 2. The highest BCUT2D eigenvalue weighted by Gasteiger charge is 2.34. The van der Waals surface area contributed by atoms with E-state index in [4.69, 9.17) is 0 Å². The van der Waals surface area contributed by atoms with E-state index in [0.717, 1.165) is 16.4 Å². The van der Waals surface area contributed by atoms with Crippen molar-refractivity contribution < 1.29 is 26.4 Å². The Balaban J connectivity index is 1.47. The summed E-state index contributed by atoms with van der Waals surface area (Å²) in [5, 5.41) is 2.86. The Kier molecular flexibility index (Phi) is 6.76. The summed E-state index contributed by atoms with van der Waals surface area (Å²) in [5.41, 5.74) is 0.267. The predicted octanol–water partition coefficient (Wildman–Crippen LogP) is 3.14. The van der Waals surface area contributed by atoms with Gasteiger partial charge in [-0.2, -0.15) is 4.31 Å². The van der Waals surface area contributed by atoms with Crippen molar-refractivity contribution in [1.29, 1.82) is 0 Å². The molecule has 1 amide bonds. The van der Waals surface area contributed by atoms with Crippen molar-refractivity contribution in [3.05, 3.63) is 83.7 Å². The van der Waals surface area contributed by atoms with Gasteiger partial charge in [0, 0.05) is 44.0 Å². The lowest BCUT2D eigenvalue weighted by Crippen LogP contribution is -2.44. The molecule has 1 aliphatic heterocycles. The lowest BCUT2D eigenvalue weighted by Gasteiger charge is -2.31. The molecule has 0 unspecified atom stereocenters. The van der Waals surface area contributed by atoms with Crippen LogP contribution >= 0.6 is 0 Å². The smallest absolute Gasteiger partial charge is 0.243 e. The van der Waals surface area contributed by atoms with Gasteiger partial charge in [-0.1, -0.05) is 18.2 Å². The molecule has 1 fully saturated rings. The molecule has 1 aliphatic rings. The fourth-order valence-electron chi connectivity index (χ4n) is 4.05. The van der Waals surface area contributed by atoms with Gasteiger partial charge < -0.3 is 9.88 Å². The van der Waals surface area contributed by atoms with Gasteiger partial charge in [-0.3, -0.25) is 4.79 Å². The summed E-state index contributed by atoms with van der Waals surface area (Å²) in [5.74, 6) is -3.26. The number of halogens is 3. The van der Waals surface area contributed by atoms with E-state index in [9.17, 15) is 26.4 Å². The molecule has 0 saturated carbocycles. The summed E-state index contributed by atoms with van der Waals surface area (Å²) in [6.45, 7) is 0.0678. The molecule has 4 rings (SSSR count). The highest BCUT2D eigenvalue weighted by molar-refractivity contribution is 7.89. The van der Waals surface area contributed by atoms with Crippen molar-refractivity contribution in [1.82, 2.24) is 19.2 Å². The van der Waals surface area contributed by atoms with E-state index < -0.39 is 39.4 Å². The minimum atomic E-state index is -4.03. The first-order valence-corrected chi connectivity index (χ1v) is 12.1. The maximum absolute atomic E-state index is 14.5. The molecule has 0 radical (unpaired) electrons. The molecule has 1 saturated heterocycles. The van der Waals surface area contributed by atoms with Gasteiger partial charge in [0.15, 0.2) is 11.6 Å². The van der Waals surface area contributed by atoms with Crippen molar-refractivity contribution in [3.63, 3.8) is 0 Å². The number of rotatable bonds is 6. The van der Waals surface area contributed by atoms with Gasteiger partial charge in [-0.25, -0.2) is 26.6 Å². The van der Waals surface area contributed by atoms with E-state index in [0.29, 0.717) is 11.9 Å². The van der Waals surface area contributed by atoms with Crippen LogP contribution in [0, 0.1) is 23.4 Å². The van der Waals surface area contributed by atoms with Crippen molar-refractivity contribution in [2.45, 2.75) is 23.8 Å². The molecule has 2 aromatic carbocycles. The normalized spacial score (nSPS) is 16.4. The number of imidazole rings is 1. The highest BCUT2D eigenvalue weighted by Crippen LogP contribution is 2.28. The van der Waals surface area contributed by atoms with E-state index in [1.165, 1.54) is 6.07 Å². The fraction of sp³-hybridized carbons (Fsp3) is 0.304. The van der Waals surface area contributed by atoms with Crippen LogP contribution in [0.1, 0.15) is 30.3 Å².